The summed E-state index contributed by atoms with van der Waals surface area (Å²) in [6.07, 6.45) is 1.80. The summed E-state index contributed by atoms with van der Waals surface area (Å²) in [6.45, 7) is 0.0839. The van der Waals surface area contributed by atoms with E-state index >= 15 is 0 Å². The predicted molar refractivity (Wildman–Crippen MR) is 79.5 cm³/mol. The molecule has 102 valence electrons. The van der Waals surface area contributed by atoms with Crippen molar-refractivity contribution < 1.29 is 9.13 Å². The summed E-state index contributed by atoms with van der Waals surface area (Å²) in [7, 11) is 0. The van der Waals surface area contributed by atoms with Crippen molar-refractivity contribution in [1.82, 2.24) is 9.97 Å². The summed E-state index contributed by atoms with van der Waals surface area (Å²) in [4.78, 5) is 7.30. The average molecular weight is 356 g/mol. The van der Waals surface area contributed by atoms with Crippen LogP contribution < -0.4 is 4.74 Å². The molecule has 20 heavy (non-hydrogen) atoms. The van der Waals surface area contributed by atoms with Crippen LogP contribution in [0.5, 0.6) is 5.88 Å². The van der Waals surface area contributed by atoms with Crippen molar-refractivity contribution in [2.24, 2.45) is 0 Å². The monoisotopic (exact) mass is 354 g/mol. The molecule has 3 aromatic rings. The summed E-state index contributed by atoms with van der Waals surface area (Å²) in [5.41, 5.74) is 1.21. The Bertz CT molecular complexity index is 775. The third-order valence-corrected chi connectivity index (χ3v) is 3.50. The van der Waals surface area contributed by atoms with Crippen LogP contribution in [0.1, 0.15) is 5.56 Å². The van der Waals surface area contributed by atoms with E-state index in [2.05, 4.69) is 25.9 Å². The fourth-order valence-corrected chi connectivity index (χ4v) is 2.46. The molecule has 6 heteroatoms. The van der Waals surface area contributed by atoms with E-state index in [4.69, 9.17) is 16.3 Å². The number of hydrogen-bond donors (Lipinski definition) is 1. The third-order valence-electron chi connectivity index (χ3n) is 2.86. The molecule has 0 aliphatic heterocycles. The molecule has 0 radical (unpaired) electrons. The smallest absolute Gasteiger partial charge is 0.239 e. The Kier molecular flexibility index (Phi) is 3.63. The van der Waals surface area contributed by atoms with Crippen molar-refractivity contribution in [3.8, 4) is 5.88 Å². The standard InChI is InChI=1S/C14H9BrClFN2O/c15-12-5-8-3-4-18-13(8)14(19-12)20-7-9-1-2-10(16)6-11(9)17/h1-6,18H,7H2. The molecule has 0 unspecified atom stereocenters. The van der Waals surface area contributed by atoms with Gasteiger partial charge in [-0.3, -0.25) is 0 Å². The number of fused-ring (bicyclic) bond motifs is 1. The molecule has 3 nitrogen and oxygen atoms in total. The zero-order valence-electron chi connectivity index (χ0n) is 10.2. The van der Waals surface area contributed by atoms with Gasteiger partial charge in [0.2, 0.25) is 5.88 Å². The van der Waals surface area contributed by atoms with Crippen molar-refractivity contribution in [2.45, 2.75) is 6.61 Å². The number of halogens is 3. The van der Waals surface area contributed by atoms with E-state index in [9.17, 15) is 4.39 Å². The second kappa shape index (κ2) is 5.42. The zero-order chi connectivity index (χ0) is 14.1. The first-order chi connectivity index (χ1) is 9.63. The van der Waals surface area contributed by atoms with Gasteiger partial charge in [-0.25, -0.2) is 9.37 Å². The lowest BCUT2D eigenvalue weighted by atomic mass is 10.2. The Hall–Kier alpha value is -1.59. The largest absolute Gasteiger partial charge is 0.471 e. The van der Waals surface area contributed by atoms with E-state index in [0.29, 0.717) is 21.1 Å². The van der Waals surface area contributed by atoms with Gasteiger partial charge in [0.25, 0.3) is 0 Å². The van der Waals surface area contributed by atoms with Crippen LogP contribution in [0.25, 0.3) is 10.9 Å². The Morgan fingerprint density at radius 3 is 2.95 bits per heavy atom. The highest BCUT2D eigenvalue weighted by Crippen LogP contribution is 2.26. The molecule has 0 bridgehead atoms. The van der Waals surface area contributed by atoms with Gasteiger partial charge < -0.3 is 9.72 Å². The molecular weight excluding hydrogens is 347 g/mol. The highest BCUT2D eigenvalue weighted by Gasteiger charge is 2.09. The van der Waals surface area contributed by atoms with E-state index in [1.165, 1.54) is 6.07 Å². The number of H-pyrrole nitrogens is 1. The van der Waals surface area contributed by atoms with E-state index < -0.39 is 5.82 Å². The first-order valence-corrected chi connectivity index (χ1v) is 7.01. The first kappa shape index (κ1) is 13.4. The number of nitrogens with zero attached hydrogens (tertiary/aromatic N) is 1. The van der Waals surface area contributed by atoms with Gasteiger partial charge in [-0.15, -0.1) is 0 Å². The number of aromatic nitrogens is 2. The normalized spacial score (nSPS) is 10.9. The van der Waals surface area contributed by atoms with Crippen LogP contribution in [0.4, 0.5) is 4.39 Å². The van der Waals surface area contributed by atoms with Gasteiger partial charge in [0.15, 0.2) is 0 Å². The number of hydrogen-bond acceptors (Lipinski definition) is 2. The van der Waals surface area contributed by atoms with Gasteiger partial charge in [0, 0.05) is 22.2 Å². The minimum absolute atomic E-state index is 0.0839. The highest BCUT2D eigenvalue weighted by molar-refractivity contribution is 9.10. The predicted octanol–water partition coefficient (Wildman–Crippen LogP) is 4.70. The van der Waals surface area contributed by atoms with Crippen LogP contribution in [0.2, 0.25) is 5.02 Å². The van der Waals surface area contributed by atoms with Gasteiger partial charge in [-0.05, 0) is 40.2 Å². The number of pyridine rings is 1. The first-order valence-electron chi connectivity index (χ1n) is 5.84. The molecule has 3 rings (SSSR count). The quantitative estimate of drug-likeness (QED) is 0.692. The zero-order valence-corrected chi connectivity index (χ0v) is 12.5. The number of benzene rings is 1. The van der Waals surface area contributed by atoms with Gasteiger partial charge in [0.05, 0.1) is 0 Å². The number of rotatable bonds is 3. The molecule has 2 aromatic heterocycles. The fourth-order valence-electron chi connectivity index (χ4n) is 1.89. The molecule has 1 N–H and O–H groups in total. The minimum Gasteiger partial charge on any atom is -0.471 e. The molecular formula is C14H9BrClFN2O. The molecule has 0 amide bonds. The summed E-state index contributed by atoms with van der Waals surface area (Å²) in [6, 6.07) is 8.28. The molecule has 2 heterocycles. The summed E-state index contributed by atoms with van der Waals surface area (Å²) in [5.74, 6) is 0.0314. The average Bonchev–Trinajstić information content (AvgIpc) is 2.85. The topological polar surface area (TPSA) is 37.9 Å². The molecule has 0 saturated heterocycles. The molecule has 0 saturated carbocycles. The van der Waals surface area contributed by atoms with Crippen molar-refractivity contribution in [3.05, 3.63) is 57.5 Å². The van der Waals surface area contributed by atoms with Crippen LogP contribution in [-0.2, 0) is 6.61 Å². The van der Waals surface area contributed by atoms with Crippen LogP contribution >= 0.6 is 27.5 Å². The van der Waals surface area contributed by atoms with Crippen molar-refractivity contribution >= 4 is 38.4 Å². The van der Waals surface area contributed by atoms with Crippen molar-refractivity contribution in [1.29, 1.82) is 0 Å². The molecule has 0 aliphatic rings. The number of nitrogens with one attached hydrogen (secondary N) is 1. The summed E-state index contributed by atoms with van der Waals surface area (Å²) in [5, 5.41) is 1.33. The Labute approximate surface area is 127 Å². The Balaban J connectivity index is 1.88. The van der Waals surface area contributed by atoms with E-state index in [1.54, 1.807) is 18.3 Å². The maximum absolute atomic E-state index is 13.7. The molecule has 0 atom stereocenters. The summed E-state index contributed by atoms with van der Waals surface area (Å²) >= 11 is 9.04. The van der Waals surface area contributed by atoms with Gasteiger partial charge in [0.1, 0.15) is 22.5 Å². The lowest BCUT2D eigenvalue weighted by Crippen LogP contribution is -2.00. The van der Waals surface area contributed by atoms with E-state index in [-0.39, 0.29) is 6.61 Å². The minimum atomic E-state index is -0.393. The fraction of sp³-hybridized carbons (Fsp3) is 0.0714. The maximum Gasteiger partial charge on any atom is 0.239 e. The van der Waals surface area contributed by atoms with Crippen LogP contribution in [0, 0.1) is 5.82 Å². The molecule has 0 fully saturated rings. The second-order valence-corrected chi connectivity index (χ2v) is 5.47. The number of aromatic amines is 1. The van der Waals surface area contributed by atoms with Crippen molar-refractivity contribution in [3.63, 3.8) is 0 Å². The lowest BCUT2D eigenvalue weighted by Gasteiger charge is -2.08. The summed E-state index contributed by atoms with van der Waals surface area (Å²) < 4.78 is 20.0. The van der Waals surface area contributed by atoms with Crippen molar-refractivity contribution in [2.75, 3.05) is 0 Å². The van der Waals surface area contributed by atoms with Crippen LogP contribution in [0.3, 0.4) is 0 Å². The van der Waals surface area contributed by atoms with Gasteiger partial charge in [-0.2, -0.15) is 0 Å². The second-order valence-electron chi connectivity index (χ2n) is 4.22. The Morgan fingerprint density at radius 1 is 1.30 bits per heavy atom. The van der Waals surface area contributed by atoms with Crippen LogP contribution in [-0.4, -0.2) is 9.97 Å². The lowest BCUT2D eigenvalue weighted by molar-refractivity contribution is 0.291. The van der Waals surface area contributed by atoms with E-state index in [0.717, 1.165) is 10.9 Å². The molecule has 0 spiro atoms. The highest BCUT2D eigenvalue weighted by atomic mass is 79.9. The van der Waals surface area contributed by atoms with Gasteiger partial charge in [-0.1, -0.05) is 17.7 Å². The SMILES string of the molecule is Fc1cc(Cl)ccc1COc1nc(Br)cc2cc[nH]c12. The Morgan fingerprint density at radius 2 is 2.15 bits per heavy atom. The maximum atomic E-state index is 13.7. The van der Waals surface area contributed by atoms with E-state index in [1.807, 2.05) is 12.1 Å². The number of ether oxygens (including phenoxy) is 1. The molecule has 0 aliphatic carbocycles. The van der Waals surface area contributed by atoms with Gasteiger partial charge >= 0.3 is 0 Å². The van der Waals surface area contributed by atoms with Crippen LogP contribution in [0.15, 0.2) is 41.1 Å². The molecule has 1 aromatic carbocycles. The third kappa shape index (κ3) is 2.64.